The molecule has 2 aliphatic rings. The zero-order chi connectivity index (χ0) is 24.7. The fourth-order valence-corrected chi connectivity index (χ4v) is 5.82. The number of aliphatic hydroxyl groups excluding tert-OH is 2. The number of aryl methyl sites for hydroxylation is 1. The molecular formula is C25H34N6O3S. The molecule has 5 rings (SSSR count). The van der Waals surface area contributed by atoms with Gasteiger partial charge in [-0.05, 0) is 56.9 Å². The van der Waals surface area contributed by atoms with Crippen molar-refractivity contribution in [3.05, 3.63) is 23.7 Å². The molecule has 0 saturated heterocycles. The van der Waals surface area contributed by atoms with Crippen molar-refractivity contribution in [2.45, 2.75) is 64.7 Å². The van der Waals surface area contributed by atoms with Gasteiger partial charge in [0.05, 0.1) is 21.7 Å². The van der Waals surface area contributed by atoms with Crippen LogP contribution in [-0.4, -0.2) is 60.2 Å². The van der Waals surface area contributed by atoms with Crippen molar-refractivity contribution < 1.29 is 15.3 Å². The number of hydrogen-bond donors (Lipinski definition) is 5. The number of anilines is 2. The molecule has 0 bridgehead atoms. The van der Waals surface area contributed by atoms with E-state index >= 15 is 0 Å². The van der Waals surface area contributed by atoms with Crippen LogP contribution in [0.2, 0.25) is 0 Å². The molecule has 5 N–H and O–H groups in total. The van der Waals surface area contributed by atoms with E-state index in [9.17, 15) is 15.3 Å². The lowest BCUT2D eigenvalue weighted by Gasteiger charge is -2.31. The molecule has 188 valence electrons. The fraction of sp³-hybridized carbons (Fsp3) is 0.600. The van der Waals surface area contributed by atoms with Gasteiger partial charge in [0.1, 0.15) is 22.4 Å². The van der Waals surface area contributed by atoms with Crippen LogP contribution in [0.25, 0.3) is 20.8 Å². The van der Waals surface area contributed by atoms with E-state index in [0.29, 0.717) is 42.0 Å². The number of nitrogens with one attached hydrogen (secondary N) is 2. The lowest BCUT2D eigenvalue weighted by Crippen LogP contribution is -2.48. The third-order valence-electron chi connectivity index (χ3n) is 6.94. The van der Waals surface area contributed by atoms with Crippen LogP contribution < -0.4 is 10.6 Å². The van der Waals surface area contributed by atoms with Gasteiger partial charge in [0, 0.05) is 25.3 Å². The minimum atomic E-state index is -1.60. The Balaban J connectivity index is 1.57. The summed E-state index contributed by atoms with van der Waals surface area (Å²) in [6.07, 6.45) is 4.77. The minimum absolute atomic E-state index is 0.182. The molecule has 2 saturated carbocycles. The summed E-state index contributed by atoms with van der Waals surface area (Å²) in [6.45, 7) is 6.86. The third-order valence-corrected chi connectivity index (χ3v) is 7.97. The predicted octanol–water partition coefficient (Wildman–Crippen LogP) is 3.34. The Labute approximate surface area is 209 Å². The molecule has 0 aliphatic heterocycles. The molecule has 3 unspecified atom stereocenters. The maximum Gasteiger partial charge on any atom is 0.224 e. The van der Waals surface area contributed by atoms with Crippen molar-refractivity contribution in [2.75, 3.05) is 23.8 Å². The van der Waals surface area contributed by atoms with Gasteiger partial charge < -0.3 is 26.0 Å². The Morgan fingerprint density at radius 2 is 2.00 bits per heavy atom. The summed E-state index contributed by atoms with van der Waals surface area (Å²) in [5.41, 5.74) is 1.67. The number of aliphatic hydroxyl groups is 3. The zero-order valence-electron chi connectivity index (χ0n) is 20.5. The number of nitrogens with zero attached hydrogens (tertiary/aromatic N) is 4. The number of aromatic nitrogens is 4. The van der Waals surface area contributed by atoms with Crippen LogP contribution in [0, 0.1) is 24.7 Å². The van der Waals surface area contributed by atoms with Gasteiger partial charge in [-0.3, -0.25) is 4.98 Å². The van der Waals surface area contributed by atoms with Crippen molar-refractivity contribution >= 4 is 33.3 Å². The van der Waals surface area contributed by atoms with E-state index in [4.69, 9.17) is 15.0 Å². The molecule has 3 heterocycles. The average Bonchev–Trinajstić information content (AvgIpc) is 3.47. The largest absolute Gasteiger partial charge is 0.396 e. The highest BCUT2D eigenvalue weighted by Crippen LogP contribution is 2.41. The standard InChI is InChI=1S/C25H34N6O3S/c1-13(2)10-17-20-18(7-9-26-17)35-23(29-20)19-14(3)28-24(27-11-15-4-5-15)30-22(19)31-25(34)8-6-16(12-32)21(25)33/h7,9,13,15-16,21,32-34H,4-6,8,10-12H2,1-3H3,(H2,27,28,30,31). The molecule has 3 atom stereocenters. The normalized spacial score (nSPS) is 24.4. The van der Waals surface area contributed by atoms with Crippen LogP contribution in [0.1, 0.15) is 50.9 Å². The lowest BCUT2D eigenvalue weighted by atomic mass is 10.0. The summed E-state index contributed by atoms with van der Waals surface area (Å²) < 4.78 is 1.03. The Morgan fingerprint density at radius 3 is 2.69 bits per heavy atom. The van der Waals surface area contributed by atoms with Crippen molar-refractivity contribution in [3.8, 4) is 10.6 Å². The maximum atomic E-state index is 11.3. The first-order valence-corrected chi connectivity index (χ1v) is 13.3. The number of rotatable bonds is 9. The van der Waals surface area contributed by atoms with Gasteiger partial charge in [-0.15, -0.1) is 11.3 Å². The summed E-state index contributed by atoms with van der Waals surface area (Å²) in [5, 5.41) is 38.8. The molecule has 3 aromatic heterocycles. The number of thiazole rings is 1. The second-order valence-corrected chi connectivity index (χ2v) is 11.4. The first-order valence-electron chi connectivity index (χ1n) is 12.4. The molecule has 9 nitrogen and oxygen atoms in total. The van der Waals surface area contributed by atoms with Crippen LogP contribution in [-0.2, 0) is 6.42 Å². The molecule has 0 radical (unpaired) electrons. The molecule has 0 amide bonds. The van der Waals surface area contributed by atoms with Gasteiger partial charge in [0.15, 0.2) is 5.72 Å². The molecule has 35 heavy (non-hydrogen) atoms. The zero-order valence-corrected chi connectivity index (χ0v) is 21.3. The molecule has 10 heteroatoms. The highest BCUT2D eigenvalue weighted by molar-refractivity contribution is 7.21. The Morgan fingerprint density at radius 1 is 1.20 bits per heavy atom. The number of pyridine rings is 1. The second-order valence-electron chi connectivity index (χ2n) is 10.4. The summed E-state index contributed by atoms with van der Waals surface area (Å²) in [7, 11) is 0. The summed E-state index contributed by atoms with van der Waals surface area (Å²) in [4.78, 5) is 19.0. The maximum absolute atomic E-state index is 11.3. The van der Waals surface area contributed by atoms with E-state index in [1.807, 2.05) is 19.2 Å². The smallest absolute Gasteiger partial charge is 0.224 e. The average molecular weight is 499 g/mol. The highest BCUT2D eigenvalue weighted by Gasteiger charge is 2.47. The van der Waals surface area contributed by atoms with E-state index in [-0.39, 0.29) is 6.61 Å². The lowest BCUT2D eigenvalue weighted by molar-refractivity contribution is -0.0545. The second kappa shape index (κ2) is 9.57. The van der Waals surface area contributed by atoms with E-state index < -0.39 is 17.7 Å². The van der Waals surface area contributed by atoms with Crippen molar-refractivity contribution in [2.24, 2.45) is 17.8 Å². The Hall–Kier alpha value is -2.40. The number of hydrogen-bond acceptors (Lipinski definition) is 10. The van der Waals surface area contributed by atoms with Gasteiger partial charge in [-0.25, -0.2) is 9.97 Å². The third kappa shape index (κ3) is 4.97. The van der Waals surface area contributed by atoms with Gasteiger partial charge in [0.25, 0.3) is 0 Å². The SMILES string of the molecule is Cc1nc(NCC2CC2)nc(NC2(O)CCC(CO)C2O)c1-c1nc2c(CC(C)C)nccc2s1. The van der Waals surface area contributed by atoms with E-state index in [1.54, 1.807) is 11.3 Å². The van der Waals surface area contributed by atoms with E-state index in [1.165, 1.54) is 12.8 Å². The monoisotopic (exact) mass is 498 g/mol. The van der Waals surface area contributed by atoms with Gasteiger partial charge >= 0.3 is 0 Å². The molecular weight excluding hydrogens is 464 g/mol. The summed E-state index contributed by atoms with van der Waals surface area (Å²) >= 11 is 1.54. The van der Waals surface area contributed by atoms with Crippen LogP contribution in [0.3, 0.4) is 0 Å². The van der Waals surface area contributed by atoms with Gasteiger partial charge in [0.2, 0.25) is 5.95 Å². The van der Waals surface area contributed by atoms with Gasteiger partial charge in [-0.2, -0.15) is 4.98 Å². The Bertz CT molecular complexity index is 1210. The molecule has 2 aliphatic carbocycles. The predicted molar refractivity (Wildman–Crippen MR) is 137 cm³/mol. The summed E-state index contributed by atoms with van der Waals surface area (Å²) in [5.74, 6) is 1.62. The topological polar surface area (TPSA) is 136 Å². The van der Waals surface area contributed by atoms with Crippen molar-refractivity contribution in [3.63, 3.8) is 0 Å². The van der Waals surface area contributed by atoms with E-state index in [2.05, 4.69) is 29.5 Å². The Kier molecular flexibility index (Phi) is 6.65. The van der Waals surface area contributed by atoms with Crippen LogP contribution in [0.4, 0.5) is 11.8 Å². The molecule has 2 fully saturated rings. The fourth-order valence-electron chi connectivity index (χ4n) is 4.74. The van der Waals surface area contributed by atoms with Crippen LogP contribution in [0.5, 0.6) is 0 Å². The first kappa shape index (κ1) is 24.3. The van der Waals surface area contributed by atoms with Crippen molar-refractivity contribution in [1.29, 1.82) is 0 Å². The van der Waals surface area contributed by atoms with Crippen molar-refractivity contribution in [1.82, 2.24) is 19.9 Å². The summed E-state index contributed by atoms with van der Waals surface area (Å²) in [6, 6.07) is 1.97. The van der Waals surface area contributed by atoms with Gasteiger partial charge in [-0.1, -0.05) is 13.8 Å². The molecule has 3 aromatic rings. The first-order chi connectivity index (χ1) is 16.8. The number of fused-ring (bicyclic) bond motifs is 1. The molecule has 0 spiro atoms. The van der Waals surface area contributed by atoms with Crippen LogP contribution >= 0.6 is 11.3 Å². The molecule has 0 aromatic carbocycles. The quantitative estimate of drug-likeness (QED) is 0.281. The minimum Gasteiger partial charge on any atom is -0.396 e. The van der Waals surface area contributed by atoms with Crippen LogP contribution in [0.15, 0.2) is 12.3 Å². The highest BCUT2D eigenvalue weighted by atomic mass is 32.1. The van der Waals surface area contributed by atoms with E-state index in [0.717, 1.165) is 39.6 Å².